The molecule has 0 saturated carbocycles. The van der Waals surface area contributed by atoms with Gasteiger partial charge in [0.05, 0.1) is 6.54 Å². The average Bonchev–Trinajstić information content (AvgIpc) is 3.02. The van der Waals surface area contributed by atoms with Crippen LogP contribution in [0.5, 0.6) is 5.75 Å². The Labute approximate surface area is 155 Å². The van der Waals surface area contributed by atoms with Crippen molar-refractivity contribution >= 4 is 17.1 Å². The van der Waals surface area contributed by atoms with E-state index in [4.69, 9.17) is 4.74 Å². The largest absolute Gasteiger partial charge is 0.491 e. The summed E-state index contributed by atoms with van der Waals surface area (Å²) in [5.74, 6) is 1.04. The first-order valence-electron chi connectivity index (χ1n) is 8.55. The highest BCUT2D eigenvalue weighted by Crippen LogP contribution is 2.17. The third-order valence-electron chi connectivity index (χ3n) is 4.43. The number of hydrogen-bond donors (Lipinski definition) is 2. The zero-order valence-electron chi connectivity index (χ0n) is 15.8. The van der Waals surface area contributed by atoms with Crippen LogP contribution >= 0.6 is 0 Å². The van der Waals surface area contributed by atoms with Gasteiger partial charge in [-0.05, 0) is 19.1 Å². The monoisotopic (exact) mass is 373 g/mol. The van der Waals surface area contributed by atoms with Gasteiger partial charge in [-0.2, -0.15) is 4.98 Å². The Hall–Kier alpha value is -3.07. The summed E-state index contributed by atoms with van der Waals surface area (Å²) in [5.41, 5.74) is 0.710. The number of ether oxygens (including phenoxy) is 1. The normalized spacial score (nSPS) is 12.3. The van der Waals surface area contributed by atoms with Gasteiger partial charge in [-0.1, -0.05) is 17.7 Å². The smallest absolute Gasteiger partial charge is 0.332 e. The van der Waals surface area contributed by atoms with Crippen molar-refractivity contribution in [2.45, 2.75) is 19.6 Å². The second-order valence-corrected chi connectivity index (χ2v) is 6.45. The van der Waals surface area contributed by atoms with E-state index in [2.05, 4.69) is 10.3 Å². The molecule has 0 aliphatic carbocycles. The summed E-state index contributed by atoms with van der Waals surface area (Å²) in [7, 11) is 4.63. The van der Waals surface area contributed by atoms with Gasteiger partial charge in [0.15, 0.2) is 11.2 Å². The van der Waals surface area contributed by atoms with Gasteiger partial charge in [-0.25, -0.2) is 4.79 Å². The van der Waals surface area contributed by atoms with Gasteiger partial charge in [0.2, 0.25) is 5.95 Å². The topological polar surface area (TPSA) is 103 Å². The Morgan fingerprint density at radius 1 is 1.19 bits per heavy atom. The predicted octanol–water partition coefficient (Wildman–Crippen LogP) is 0.224. The predicted molar refractivity (Wildman–Crippen MR) is 102 cm³/mol. The quantitative estimate of drug-likeness (QED) is 0.641. The molecule has 3 rings (SSSR count). The first kappa shape index (κ1) is 18.7. The summed E-state index contributed by atoms with van der Waals surface area (Å²) in [6.07, 6.45) is -0.877. The minimum Gasteiger partial charge on any atom is -0.491 e. The average molecular weight is 373 g/mol. The Kier molecular flexibility index (Phi) is 5.04. The van der Waals surface area contributed by atoms with Crippen LogP contribution in [0.1, 0.15) is 5.56 Å². The number of nitrogens with one attached hydrogen (secondary N) is 1. The molecule has 0 aliphatic heterocycles. The van der Waals surface area contributed by atoms with Crippen molar-refractivity contribution in [1.82, 2.24) is 18.7 Å². The molecule has 144 valence electrons. The molecule has 1 atom stereocenters. The third-order valence-corrected chi connectivity index (χ3v) is 4.43. The number of hydrogen-bond acceptors (Lipinski definition) is 6. The minimum atomic E-state index is -0.877. The number of nitrogens with zero attached hydrogens (tertiary/aromatic N) is 4. The zero-order chi connectivity index (χ0) is 19.7. The first-order chi connectivity index (χ1) is 12.8. The second kappa shape index (κ2) is 7.28. The fraction of sp³-hybridized carbons (Fsp3) is 0.389. The van der Waals surface area contributed by atoms with E-state index in [9.17, 15) is 14.7 Å². The molecule has 0 bridgehead atoms. The SMILES string of the molecule is CNc1nc2c(c(=O)n(C)c(=O)n2C)n1C[C@@H](O)COc1ccc(C)cc1. The van der Waals surface area contributed by atoms with Crippen LogP contribution in [-0.2, 0) is 20.6 Å². The lowest BCUT2D eigenvalue weighted by molar-refractivity contribution is 0.0938. The van der Waals surface area contributed by atoms with E-state index in [1.54, 1.807) is 18.7 Å². The molecule has 1 aromatic carbocycles. The standard InChI is InChI=1S/C18H23N5O4/c1-11-5-7-13(8-6-11)27-10-12(24)9-23-14-15(20-17(23)19-2)21(3)18(26)22(4)16(14)25/h5-8,12,24H,9-10H2,1-4H3,(H,19,20)/t12-/m1/s1. The number of benzene rings is 1. The molecule has 9 heteroatoms. The summed E-state index contributed by atoms with van der Waals surface area (Å²) in [6, 6.07) is 7.52. The maximum absolute atomic E-state index is 12.6. The van der Waals surface area contributed by atoms with Crippen LogP contribution in [0.3, 0.4) is 0 Å². The summed E-state index contributed by atoms with van der Waals surface area (Å²) in [5, 5.41) is 13.3. The van der Waals surface area contributed by atoms with Gasteiger partial charge in [0.1, 0.15) is 18.5 Å². The van der Waals surface area contributed by atoms with Crippen LogP contribution in [0.25, 0.3) is 11.2 Å². The number of aromatic nitrogens is 4. The number of imidazole rings is 1. The van der Waals surface area contributed by atoms with E-state index in [0.29, 0.717) is 11.7 Å². The van der Waals surface area contributed by atoms with Crippen LogP contribution in [-0.4, -0.2) is 43.6 Å². The van der Waals surface area contributed by atoms with E-state index >= 15 is 0 Å². The van der Waals surface area contributed by atoms with E-state index < -0.39 is 17.4 Å². The van der Waals surface area contributed by atoms with Gasteiger partial charge in [-0.3, -0.25) is 13.9 Å². The van der Waals surface area contributed by atoms with Crippen LogP contribution in [0.2, 0.25) is 0 Å². The Morgan fingerprint density at radius 2 is 1.85 bits per heavy atom. The van der Waals surface area contributed by atoms with Crippen molar-refractivity contribution in [2.75, 3.05) is 19.0 Å². The lowest BCUT2D eigenvalue weighted by Crippen LogP contribution is -2.38. The zero-order valence-corrected chi connectivity index (χ0v) is 15.8. The van der Waals surface area contributed by atoms with Crippen molar-refractivity contribution < 1.29 is 9.84 Å². The number of anilines is 1. The van der Waals surface area contributed by atoms with Gasteiger partial charge in [-0.15, -0.1) is 0 Å². The number of aliphatic hydroxyl groups is 1. The van der Waals surface area contributed by atoms with Crippen molar-refractivity contribution in [3.05, 3.63) is 50.7 Å². The van der Waals surface area contributed by atoms with Gasteiger partial charge < -0.3 is 19.7 Å². The molecule has 0 radical (unpaired) electrons. The van der Waals surface area contributed by atoms with E-state index in [1.165, 1.54) is 11.6 Å². The summed E-state index contributed by atoms with van der Waals surface area (Å²) in [4.78, 5) is 29.0. The maximum Gasteiger partial charge on any atom is 0.332 e. The fourth-order valence-electron chi connectivity index (χ4n) is 2.91. The molecule has 2 aromatic heterocycles. The minimum absolute atomic E-state index is 0.0535. The number of fused-ring (bicyclic) bond motifs is 1. The lowest BCUT2D eigenvalue weighted by atomic mass is 10.2. The molecular weight excluding hydrogens is 350 g/mol. The molecule has 0 saturated heterocycles. The number of aryl methyl sites for hydroxylation is 2. The third kappa shape index (κ3) is 3.45. The Balaban J connectivity index is 1.90. The van der Waals surface area contributed by atoms with Gasteiger partial charge in [0, 0.05) is 21.1 Å². The molecule has 2 N–H and O–H groups in total. The number of rotatable bonds is 6. The van der Waals surface area contributed by atoms with Crippen LogP contribution < -0.4 is 21.3 Å². The van der Waals surface area contributed by atoms with Crippen molar-refractivity contribution in [3.63, 3.8) is 0 Å². The van der Waals surface area contributed by atoms with Gasteiger partial charge >= 0.3 is 5.69 Å². The number of aliphatic hydroxyl groups excluding tert-OH is 1. The Bertz CT molecular complexity index is 1080. The van der Waals surface area contributed by atoms with E-state index in [-0.39, 0.29) is 24.3 Å². The second-order valence-electron chi connectivity index (χ2n) is 6.45. The molecule has 0 unspecified atom stereocenters. The van der Waals surface area contributed by atoms with Crippen molar-refractivity contribution in [3.8, 4) is 5.75 Å². The van der Waals surface area contributed by atoms with Gasteiger partial charge in [0.25, 0.3) is 5.56 Å². The van der Waals surface area contributed by atoms with Crippen molar-refractivity contribution in [2.24, 2.45) is 14.1 Å². The highest BCUT2D eigenvalue weighted by Gasteiger charge is 2.20. The Morgan fingerprint density at radius 3 is 2.48 bits per heavy atom. The van der Waals surface area contributed by atoms with Crippen molar-refractivity contribution in [1.29, 1.82) is 0 Å². The lowest BCUT2D eigenvalue weighted by Gasteiger charge is -2.15. The highest BCUT2D eigenvalue weighted by molar-refractivity contribution is 5.74. The highest BCUT2D eigenvalue weighted by atomic mass is 16.5. The molecule has 9 nitrogen and oxygen atoms in total. The molecule has 2 heterocycles. The van der Waals surface area contributed by atoms with Crippen LogP contribution in [0.4, 0.5) is 5.95 Å². The molecule has 0 aliphatic rings. The van der Waals surface area contributed by atoms with Crippen LogP contribution in [0, 0.1) is 6.92 Å². The summed E-state index contributed by atoms with van der Waals surface area (Å²) in [6.45, 7) is 2.12. The molecular formula is C18H23N5O4. The molecule has 3 aromatic rings. The van der Waals surface area contributed by atoms with Crippen LogP contribution in [0.15, 0.2) is 33.9 Å². The molecule has 0 amide bonds. The first-order valence-corrected chi connectivity index (χ1v) is 8.55. The fourth-order valence-corrected chi connectivity index (χ4v) is 2.91. The molecule has 0 spiro atoms. The van der Waals surface area contributed by atoms with E-state index in [0.717, 1.165) is 10.1 Å². The molecule has 0 fully saturated rings. The summed E-state index contributed by atoms with van der Waals surface area (Å²) >= 11 is 0. The van der Waals surface area contributed by atoms with E-state index in [1.807, 2.05) is 31.2 Å². The molecule has 27 heavy (non-hydrogen) atoms. The maximum atomic E-state index is 12.6. The summed E-state index contributed by atoms with van der Waals surface area (Å²) < 4.78 is 9.51.